The van der Waals surface area contributed by atoms with Crippen molar-refractivity contribution in [1.82, 2.24) is 34.5 Å². The molecule has 12 nitrogen and oxygen atoms in total. The zero-order valence-electron chi connectivity index (χ0n) is 50.1. The Balaban J connectivity index is 0.945. The van der Waals surface area contributed by atoms with Gasteiger partial charge in [0.05, 0.1) is 51.6 Å². The van der Waals surface area contributed by atoms with E-state index < -0.39 is 0 Å². The number of nitrogens with zero attached hydrogens (tertiary/aromatic N) is 12. The number of hydrogen-bond donors (Lipinski definition) is 0. The molecular weight excluding hydrogens is 1150 g/mol. The SMILES string of the molecule is N#Cc1ccc(-n2c3ccc(-c4cc5c6c(c4)N(c4ccccc4)c4cc(C#N)ccc4B6c4ccc(C#N)cc4N5c4ccccc4)cc3c3cc(-c4nc(-c5ccccc5)nc(-c5ccccc5)n4)ccc32)c(-c2nc(-c3ccccc3)nc(-c3ccccc3)n2)c1. The summed E-state index contributed by atoms with van der Waals surface area (Å²) in [5, 5.41) is 33.6. The lowest BCUT2D eigenvalue weighted by Gasteiger charge is -2.44. The van der Waals surface area contributed by atoms with Gasteiger partial charge in [-0.05, 0) is 137 Å². The summed E-state index contributed by atoms with van der Waals surface area (Å²) in [6, 6.07) is 103. The average molecular weight is 1200 g/mol. The quantitative estimate of drug-likeness (QED) is 0.120. The first-order valence-corrected chi connectivity index (χ1v) is 30.8. The molecule has 0 aliphatic carbocycles. The lowest BCUT2D eigenvalue weighted by Crippen LogP contribution is -2.61. The van der Waals surface area contributed by atoms with Gasteiger partial charge in [0.2, 0.25) is 0 Å². The van der Waals surface area contributed by atoms with Crippen LogP contribution in [0.4, 0.5) is 34.1 Å². The number of aromatic nitrogens is 7. The molecule has 3 aromatic heterocycles. The van der Waals surface area contributed by atoms with E-state index in [-0.39, 0.29) is 6.71 Å². The van der Waals surface area contributed by atoms with Crippen molar-refractivity contribution in [1.29, 1.82) is 15.8 Å². The Hall–Kier alpha value is -13.4. The molecule has 13 heteroatoms. The molecule has 17 rings (SSSR count). The predicted octanol–water partition coefficient (Wildman–Crippen LogP) is 16.5. The van der Waals surface area contributed by atoms with Crippen molar-refractivity contribution in [3.63, 3.8) is 0 Å². The molecule has 0 amide bonds. The first-order valence-electron chi connectivity index (χ1n) is 30.8. The van der Waals surface area contributed by atoms with Gasteiger partial charge in [-0.15, -0.1) is 0 Å². The molecule has 12 aromatic carbocycles. The molecule has 0 N–H and O–H groups in total. The van der Waals surface area contributed by atoms with Crippen LogP contribution in [0, 0.1) is 34.0 Å². The van der Waals surface area contributed by atoms with E-state index in [1.807, 2.05) is 200 Å². The number of fused-ring (bicyclic) bond motifs is 7. The molecule has 15 aromatic rings. The Labute approximate surface area is 541 Å². The summed E-state index contributed by atoms with van der Waals surface area (Å²) in [5.41, 5.74) is 19.4. The Morgan fingerprint density at radius 1 is 0.277 bits per heavy atom. The lowest BCUT2D eigenvalue weighted by atomic mass is 9.33. The summed E-state index contributed by atoms with van der Waals surface area (Å²) >= 11 is 0. The average Bonchev–Trinajstić information content (AvgIpc) is 0.744. The molecule has 2 aliphatic rings. The normalized spacial score (nSPS) is 11.9. The van der Waals surface area contributed by atoms with Gasteiger partial charge in [0.15, 0.2) is 34.9 Å². The van der Waals surface area contributed by atoms with E-state index in [1.54, 1.807) is 0 Å². The van der Waals surface area contributed by atoms with Crippen LogP contribution in [-0.4, -0.2) is 41.2 Å². The number of hydrogen-bond acceptors (Lipinski definition) is 11. The van der Waals surface area contributed by atoms with Gasteiger partial charge in [-0.1, -0.05) is 176 Å². The highest BCUT2D eigenvalue weighted by atomic mass is 15.2. The van der Waals surface area contributed by atoms with Gasteiger partial charge in [-0.2, -0.15) is 15.8 Å². The van der Waals surface area contributed by atoms with Crippen LogP contribution < -0.4 is 26.2 Å². The molecule has 5 heterocycles. The molecule has 0 fully saturated rings. The van der Waals surface area contributed by atoms with Gasteiger partial charge >= 0.3 is 0 Å². The van der Waals surface area contributed by atoms with E-state index in [0.717, 1.165) is 117 Å². The summed E-state index contributed by atoms with van der Waals surface area (Å²) in [5.74, 6) is 2.98. The van der Waals surface area contributed by atoms with Crippen LogP contribution in [0.3, 0.4) is 0 Å². The summed E-state index contributed by atoms with van der Waals surface area (Å²) in [4.78, 5) is 35.6. The predicted molar refractivity (Wildman–Crippen MR) is 374 cm³/mol. The number of nitriles is 3. The maximum absolute atomic E-state index is 10.7. The maximum Gasteiger partial charge on any atom is 0.252 e. The molecule has 0 saturated carbocycles. The van der Waals surface area contributed by atoms with Gasteiger partial charge in [0, 0.05) is 78.3 Å². The number of para-hydroxylation sites is 2. The fourth-order valence-corrected chi connectivity index (χ4v) is 13.5. The third-order valence-corrected chi connectivity index (χ3v) is 17.7. The molecule has 0 unspecified atom stereocenters. The van der Waals surface area contributed by atoms with Crippen molar-refractivity contribution in [2.45, 2.75) is 0 Å². The summed E-state index contributed by atoms with van der Waals surface area (Å²) < 4.78 is 2.24. The lowest BCUT2D eigenvalue weighted by molar-refractivity contribution is 1.06. The van der Waals surface area contributed by atoms with Crippen molar-refractivity contribution < 1.29 is 0 Å². The second-order valence-corrected chi connectivity index (χ2v) is 23.2. The van der Waals surface area contributed by atoms with Gasteiger partial charge in [0.25, 0.3) is 6.71 Å². The zero-order chi connectivity index (χ0) is 62.8. The number of benzene rings is 12. The molecule has 0 atom stereocenters. The maximum atomic E-state index is 10.7. The molecule has 2 aliphatic heterocycles. The molecule has 434 valence electrons. The first kappa shape index (κ1) is 54.7. The van der Waals surface area contributed by atoms with Crippen LogP contribution in [0.15, 0.2) is 285 Å². The molecule has 0 radical (unpaired) electrons. The second kappa shape index (κ2) is 22.6. The van der Waals surface area contributed by atoms with Crippen molar-refractivity contribution in [3.05, 3.63) is 302 Å². The molecule has 94 heavy (non-hydrogen) atoms. The smallest absolute Gasteiger partial charge is 0.252 e. The van der Waals surface area contributed by atoms with E-state index in [4.69, 9.17) is 29.9 Å². The fraction of sp³-hybridized carbons (Fsp3) is 0. The van der Waals surface area contributed by atoms with Gasteiger partial charge in [-0.25, -0.2) is 29.9 Å². The van der Waals surface area contributed by atoms with E-state index in [0.29, 0.717) is 57.2 Å². The molecular formula is C81H47BN12. The summed E-state index contributed by atoms with van der Waals surface area (Å²) in [6.45, 7) is -0.262. The topological polar surface area (TPSA) is 160 Å². The van der Waals surface area contributed by atoms with Crippen LogP contribution in [-0.2, 0) is 0 Å². The van der Waals surface area contributed by atoms with Crippen LogP contribution in [0.2, 0.25) is 0 Å². The van der Waals surface area contributed by atoms with Gasteiger partial charge in [-0.3, -0.25) is 0 Å². The Morgan fingerprint density at radius 2 is 0.638 bits per heavy atom. The van der Waals surface area contributed by atoms with Crippen LogP contribution in [0.1, 0.15) is 16.7 Å². The fourth-order valence-electron chi connectivity index (χ4n) is 13.5. The second-order valence-electron chi connectivity index (χ2n) is 23.2. The van der Waals surface area contributed by atoms with Gasteiger partial charge < -0.3 is 14.4 Å². The third kappa shape index (κ3) is 9.30. The largest absolute Gasteiger partial charge is 0.311 e. The summed E-state index contributed by atoms with van der Waals surface area (Å²) in [7, 11) is 0. The van der Waals surface area contributed by atoms with Crippen molar-refractivity contribution in [2.75, 3.05) is 9.80 Å². The Morgan fingerprint density at radius 3 is 1.06 bits per heavy atom. The van der Waals surface area contributed by atoms with Crippen molar-refractivity contribution in [2.24, 2.45) is 0 Å². The molecule has 0 bridgehead atoms. The minimum Gasteiger partial charge on any atom is -0.311 e. The minimum atomic E-state index is -0.262. The molecule has 0 saturated heterocycles. The summed E-state index contributed by atoms with van der Waals surface area (Å²) in [6.07, 6.45) is 0. The van der Waals surface area contributed by atoms with Crippen LogP contribution >= 0.6 is 0 Å². The zero-order valence-corrected chi connectivity index (χ0v) is 50.1. The monoisotopic (exact) mass is 1200 g/mol. The highest BCUT2D eigenvalue weighted by Crippen LogP contribution is 2.48. The van der Waals surface area contributed by atoms with Crippen LogP contribution in [0.5, 0.6) is 0 Å². The van der Waals surface area contributed by atoms with Crippen molar-refractivity contribution in [3.8, 4) is 103 Å². The standard InChI is InChI=1S/C81H47BN12/c83-48-51-33-38-70(65(41-51)81-90-78(56-23-11-3-12-24-56)87-79(91-81)57-25-13-4-14-26-57)94-68-39-34-58(44-63(68)64-45-59(35-40-69(64)94)80-88-76(54-19-7-1-8-20-54)86-77(89-80)55-21-9-2-10-22-55)60-46-73-75-74(47-60)93(62-29-17-6-18-30-62)72-43-53(50-85)32-37-67(72)82(75)66-36-31-52(49-84)42-71(66)92(73)61-27-15-5-16-28-61/h1-47H. The minimum absolute atomic E-state index is 0.262. The van der Waals surface area contributed by atoms with E-state index in [1.165, 1.54) is 0 Å². The van der Waals surface area contributed by atoms with Crippen LogP contribution in [0.25, 0.3) is 107 Å². The highest BCUT2D eigenvalue weighted by Gasteiger charge is 2.44. The Kier molecular flexibility index (Phi) is 13.1. The molecule has 0 spiro atoms. The van der Waals surface area contributed by atoms with Gasteiger partial charge in [0.1, 0.15) is 0 Å². The Bertz CT molecular complexity index is 5420. The number of anilines is 6. The van der Waals surface area contributed by atoms with E-state index in [2.05, 4.69) is 118 Å². The number of rotatable bonds is 10. The highest BCUT2D eigenvalue weighted by molar-refractivity contribution is 7.00. The van der Waals surface area contributed by atoms with E-state index in [9.17, 15) is 15.8 Å². The third-order valence-electron chi connectivity index (χ3n) is 17.7. The van der Waals surface area contributed by atoms with E-state index >= 15 is 0 Å². The first-order chi connectivity index (χ1) is 46.4. The van der Waals surface area contributed by atoms with Crippen molar-refractivity contribution >= 4 is 79.0 Å².